The molecule has 4 N–H and O–H groups in total. The van der Waals surface area contributed by atoms with Crippen molar-refractivity contribution in [2.24, 2.45) is 5.73 Å². The highest BCUT2D eigenvalue weighted by Crippen LogP contribution is 2.36. The first-order chi connectivity index (χ1) is 15.4. The van der Waals surface area contributed by atoms with E-state index in [1.807, 2.05) is 50.6 Å². The highest BCUT2D eigenvalue weighted by atomic mass is 35.5. The van der Waals surface area contributed by atoms with Crippen LogP contribution in [0.1, 0.15) is 30.9 Å². The molecule has 1 saturated heterocycles. The third-order valence-corrected chi connectivity index (χ3v) is 6.37. The van der Waals surface area contributed by atoms with Gasteiger partial charge in [0, 0.05) is 11.2 Å². The maximum Gasteiger partial charge on any atom is 0.248 e. The molecule has 1 aliphatic heterocycles. The first-order valence-corrected chi connectivity index (χ1v) is 11.3. The van der Waals surface area contributed by atoms with E-state index in [2.05, 4.69) is 25.2 Å². The lowest BCUT2D eigenvalue weighted by Gasteiger charge is -2.40. The van der Waals surface area contributed by atoms with Crippen LogP contribution in [0.4, 0.5) is 5.82 Å². The molecule has 0 spiro atoms. The van der Waals surface area contributed by atoms with Gasteiger partial charge in [-0.05, 0) is 76.8 Å². The highest BCUT2D eigenvalue weighted by molar-refractivity contribution is 6.30. The van der Waals surface area contributed by atoms with E-state index >= 15 is 0 Å². The van der Waals surface area contributed by atoms with Crippen LogP contribution < -0.4 is 16.0 Å². The number of carbonyl (C=O) groups is 1. The molecule has 2 aromatic heterocycles. The molecule has 1 atom stereocenters. The molecule has 9 heteroatoms. The molecular weight excluding hydrogens is 426 g/mol. The average Bonchev–Trinajstić information content (AvgIpc) is 3.27. The van der Waals surface area contributed by atoms with E-state index in [9.17, 15) is 4.79 Å². The van der Waals surface area contributed by atoms with Crippen LogP contribution in [0.5, 0.6) is 0 Å². The fraction of sp³-hybridized carbons (Fsp3) is 0.435. The van der Waals surface area contributed by atoms with E-state index in [1.54, 1.807) is 4.90 Å². The van der Waals surface area contributed by atoms with Crippen LogP contribution in [0.15, 0.2) is 42.9 Å². The number of aromatic nitrogens is 3. The van der Waals surface area contributed by atoms with Crippen molar-refractivity contribution in [1.29, 1.82) is 0 Å². The van der Waals surface area contributed by atoms with E-state index in [0.717, 1.165) is 17.5 Å². The predicted octanol–water partition coefficient (Wildman–Crippen LogP) is 2.72. The molecule has 0 saturated carbocycles. The number of hydrogen-bond donors (Lipinski definition) is 3. The molecule has 170 valence electrons. The van der Waals surface area contributed by atoms with Gasteiger partial charge in [0.25, 0.3) is 0 Å². The van der Waals surface area contributed by atoms with Crippen molar-refractivity contribution in [2.75, 3.05) is 38.6 Å². The summed E-state index contributed by atoms with van der Waals surface area (Å²) in [5.74, 6) is 0.460. The average molecular weight is 456 g/mol. The molecule has 8 nitrogen and oxygen atoms in total. The standard InChI is InChI=1S/C23H30ClN7O/c1-30(2)14-8-19(16-3-5-17(24)6-4-16)31(22(32)23(25)9-12-26-13-10-23)21-18-7-11-27-20(18)28-15-29-21/h3-7,11,15,19,26H,8-10,12-14,25H2,1-2H3,(H,27,28,29). The number of carbonyl (C=O) groups excluding carboxylic acids is 1. The van der Waals surface area contributed by atoms with Crippen molar-refractivity contribution in [1.82, 2.24) is 25.2 Å². The third kappa shape index (κ3) is 4.63. The summed E-state index contributed by atoms with van der Waals surface area (Å²) in [6, 6.07) is 9.31. The predicted molar refractivity (Wildman–Crippen MR) is 128 cm³/mol. The number of nitrogens with one attached hydrogen (secondary N) is 2. The number of rotatable bonds is 7. The SMILES string of the molecule is CN(C)CCC(c1ccc(Cl)cc1)N(C(=O)C1(N)CCNCC1)c1ncnc2[nH]ccc12. The lowest BCUT2D eigenvalue weighted by molar-refractivity contribution is -0.125. The topological polar surface area (TPSA) is 103 Å². The van der Waals surface area contributed by atoms with Crippen LogP contribution in [0, 0.1) is 0 Å². The van der Waals surface area contributed by atoms with Gasteiger partial charge in [-0.1, -0.05) is 23.7 Å². The van der Waals surface area contributed by atoms with Gasteiger partial charge in [-0.15, -0.1) is 0 Å². The smallest absolute Gasteiger partial charge is 0.248 e. The highest BCUT2D eigenvalue weighted by Gasteiger charge is 2.42. The number of hydrogen-bond acceptors (Lipinski definition) is 6. The molecule has 1 aliphatic rings. The number of aromatic amines is 1. The zero-order chi connectivity index (χ0) is 22.7. The number of halogens is 1. The summed E-state index contributed by atoms with van der Waals surface area (Å²) >= 11 is 6.17. The van der Waals surface area contributed by atoms with Crippen molar-refractivity contribution < 1.29 is 4.79 Å². The van der Waals surface area contributed by atoms with Crippen LogP contribution in [0.25, 0.3) is 11.0 Å². The summed E-state index contributed by atoms with van der Waals surface area (Å²) in [5.41, 5.74) is 7.46. The van der Waals surface area contributed by atoms with Crippen LogP contribution in [0.3, 0.4) is 0 Å². The second-order valence-corrected chi connectivity index (χ2v) is 9.11. The number of nitrogens with two attached hydrogens (primary N) is 1. The summed E-state index contributed by atoms with van der Waals surface area (Å²) in [6.45, 7) is 2.21. The van der Waals surface area contributed by atoms with E-state index in [-0.39, 0.29) is 11.9 Å². The minimum absolute atomic E-state index is 0.112. The lowest BCUT2D eigenvalue weighted by atomic mass is 9.86. The Hall–Kier alpha value is -2.52. The van der Waals surface area contributed by atoms with Gasteiger partial charge in [-0.3, -0.25) is 9.69 Å². The maximum atomic E-state index is 14.2. The zero-order valence-electron chi connectivity index (χ0n) is 18.5. The van der Waals surface area contributed by atoms with Crippen molar-refractivity contribution in [3.63, 3.8) is 0 Å². The van der Waals surface area contributed by atoms with E-state index in [4.69, 9.17) is 17.3 Å². The van der Waals surface area contributed by atoms with Crippen molar-refractivity contribution in [3.05, 3.63) is 53.4 Å². The Balaban J connectivity index is 1.86. The third-order valence-electron chi connectivity index (χ3n) is 6.12. The summed E-state index contributed by atoms with van der Waals surface area (Å²) in [6.07, 6.45) is 5.16. The van der Waals surface area contributed by atoms with Crippen LogP contribution in [-0.2, 0) is 4.79 Å². The minimum atomic E-state index is -0.957. The van der Waals surface area contributed by atoms with Gasteiger partial charge in [0.2, 0.25) is 5.91 Å². The number of amides is 1. The van der Waals surface area contributed by atoms with Crippen LogP contribution >= 0.6 is 11.6 Å². The Morgan fingerprint density at radius 2 is 1.91 bits per heavy atom. The number of anilines is 1. The first-order valence-electron chi connectivity index (χ1n) is 10.9. The van der Waals surface area contributed by atoms with E-state index in [1.165, 1.54) is 6.33 Å². The molecule has 0 radical (unpaired) electrons. The second-order valence-electron chi connectivity index (χ2n) is 8.68. The first kappa shape index (κ1) is 22.7. The molecule has 1 aromatic carbocycles. The number of H-pyrrole nitrogens is 1. The number of benzene rings is 1. The molecule has 3 aromatic rings. The van der Waals surface area contributed by atoms with Gasteiger partial charge in [0.05, 0.1) is 17.0 Å². The van der Waals surface area contributed by atoms with E-state index in [0.29, 0.717) is 48.8 Å². The van der Waals surface area contributed by atoms with Gasteiger partial charge in [-0.2, -0.15) is 0 Å². The summed E-state index contributed by atoms with van der Waals surface area (Å²) in [5, 5.41) is 4.75. The maximum absolute atomic E-state index is 14.2. The van der Waals surface area contributed by atoms with Crippen molar-refractivity contribution in [2.45, 2.75) is 30.8 Å². The van der Waals surface area contributed by atoms with Gasteiger partial charge in [0.1, 0.15) is 17.8 Å². The van der Waals surface area contributed by atoms with Gasteiger partial charge < -0.3 is 20.9 Å². The Kier molecular flexibility index (Phi) is 6.76. The molecule has 1 amide bonds. The Labute approximate surface area is 193 Å². The number of nitrogens with zero attached hydrogens (tertiary/aromatic N) is 4. The largest absolute Gasteiger partial charge is 0.346 e. The summed E-state index contributed by atoms with van der Waals surface area (Å²) in [4.78, 5) is 30.1. The molecule has 4 rings (SSSR count). The second kappa shape index (κ2) is 9.54. The Bertz CT molecular complexity index is 1060. The molecule has 0 aliphatic carbocycles. The molecule has 1 fully saturated rings. The van der Waals surface area contributed by atoms with Crippen molar-refractivity contribution >= 4 is 34.4 Å². The van der Waals surface area contributed by atoms with Gasteiger partial charge in [0.15, 0.2) is 0 Å². The summed E-state index contributed by atoms with van der Waals surface area (Å²) < 4.78 is 0. The van der Waals surface area contributed by atoms with Crippen molar-refractivity contribution in [3.8, 4) is 0 Å². The molecule has 32 heavy (non-hydrogen) atoms. The number of piperidine rings is 1. The molecule has 1 unspecified atom stereocenters. The van der Waals surface area contributed by atoms with E-state index < -0.39 is 5.54 Å². The number of fused-ring (bicyclic) bond motifs is 1. The fourth-order valence-electron chi connectivity index (χ4n) is 4.27. The molecular formula is C23H30ClN7O. The quantitative estimate of drug-likeness (QED) is 0.506. The minimum Gasteiger partial charge on any atom is -0.346 e. The van der Waals surface area contributed by atoms with Gasteiger partial charge >= 0.3 is 0 Å². The lowest BCUT2D eigenvalue weighted by Crippen LogP contribution is -2.60. The normalized spacial score (nSPS) is 16.9. The molecule has 3 heterocycles. The van der Waals surface area contributed by atoms with Crippen LogP contribution in [0.2, 0.25) is 5.02 Å². The zero-order valence-corrected chi connectivity index (χ0v) is 19.3. The Morgan fingerprint density at radius 1 is 1.19 bits per heavy atom. The van der Waals surface area contributed by atoms with Crippen LogP contribution in [-0.4, -0.2) is 65.0 Å². The monoisotopic (exact) mass is 455 g/mol. The fourth-order valence-corrected chi connectivity index (χ4v) is 4.40. The molecule has 0 bridgehead atoms. The van der Waals surface area contributed by atoms with Gasteiger partial charge in [-0.25, -0.2) is 9.97 Å². The summed E-state index contributed by atoms with van der Waals surface area (Å²) in [7, 11) is 4.05. The Morgan fingerprint density at radius 3 is 2.59 bits per heavy atom.